The summed E-state index contributed by atoms with van der Waals surface area (Å²) in [5.74, 6) is 0.194. The summed E-state index contributed by atoms with van der Waals surface area (Å²) in [6.07, 6.45) is 2.30. The molecule has 2 aromatic carbocycles. The van der Waals surface area contributed by atoms with Crippen LogP contribution >= 0.6 is 0 Å². The molecule has 150 valence electrons. The molecule has 4 nitrogen and oxygen atoms in total. The van der Waals surface area contributed by atoms with E-state index < -0.39 is 0 Å². The summed E-state index contributed by atoms with van der Waals surface area (Å²) < 4.78 is 0. The molecule has 0 N–H and O–H groups in total. The Hall–Kier alpha value is -3.27. The van der Waals surface area contributed by atoms with Crippen molar-refractivity contribution in [3.8, 4) is 0 Å². The van der Waals surface area contributed by atoms with Gasteiger partial charge in [-0.1, -0.05) is 35.9 Å². The first-order valence-electron chi connectivity index (χ1n) is 10.5. The number of carbonyl (C=O) groups excluding carboxylic acids is 1. The maximum Gasteiger partial charge on any atom is 0.227 e. The number of hydrogen-bond donors (Lipinski definition) is 0. The van der Waals surface area contributed by atoms with Crippen molar-refractivity contribution >= 4 is 11.6 Å². The van der Waals surface area contributed by atoms with Gasteiger partial charge in [0, 0.05) is 29.6 Å². The van der Waals surface area contributed by atoms with E-state index in [1.165, 1.54) is 27.8 Å². The van der Waals surface area contributed by atoms with Gasteiger partial charge < -0.3 is 4.90 Å². The fourth-order valence-electron chi connectivity index (χ4n) is 4.51. The van der Waals surface area contributed by atoms with Crippen LogP contribution in [0.15, 0.2) is 59.7 Å². The van der Waals surface area contributed by atoms with Crippen molar-refractivity contribution in [2.24, 2.45) is 4.99 Å². The van der Waals surface area contributed by atoms with Gasteiger partial charge in [0.05, 0.1) is 24.7 Å². The van der Waals surface area contributed by atoms with Crippen LogP contribution in [-0.4, -0.2) is 21.5 Å². The number of aromatic nitrogens is 1. The Morgan fingerprint density at radius 2 is 1.77 bits per heavy atom. The van der Waals surface area contributed by atoms with E-state index in [2.05, 4.69) is 61.3 Å². The molecule has 4 heteroatoms. The van der Waals surface area contributed by atoms with Crippen LogP contribution in [0.25, 0.3) is 0 Å². The fourth-order valence-corrected chi connectivity index (χ4v) is 4.51. The van der Waals surface area contributed by atoms with Gasteiger partial charge in [0.25, 0.3) is 0 Å². The third kappa shape index (κ3) is 3.22. The quantitative estimate of drug-likeness (QED) is 0.646. The van der Waals surface area contributed by atoms with E-state index in [0.29, 0.717) is 19.5 Å². The predicted octanol–water partition coefficient (Wildman–Crippen LogP) is 4.70. The number of aryl methyl sites for hydroxylation is 2. The van der Waals surface area contributed by atoms with E-state index in [1.54, 1.807) is 0 Å². The average molecular weight is 396 g/mol. The lowest BCUT2D eigenvalue weighted by atomic mass is 9.90. The number of amides is 1. The van der Waals surface area contributed by atoms with E-state index in [0.717, 1.165) is 22.5 Å². The van der Waals surface area contributed by atoms with Gasteiger partial charge in [0.15, 0.2) is 0 Å². The number of rotatable bonds is 3. The first kappa shape index (κ1) is 18.7. The number of carbonyl (C=O) groups is 1. The molecule has 30 heavy (non-hydrogen) atoms. The highest BCUT2D eigenvalue weighted by Crippen LogP contribution is 2.33. The molecule has 3 aromatic rings. The number of nitrogens with zero attached hydrogens (tertiary/aromatic N) is 3. The van der Waals surface area contributed by atoms with Gasteiger partial charge in [-0.3, -0.25) is 14.8 Å². The van der Waals surface area contributed by atoms with Crippen LogP contribution in [-0.2, 0) is 24.3 Å². The summed E-state index contributed by atoms with van der Waals surface area (Å²) in [6.45, 7) is 7.52. The van der Waals surface area contributed by atoms with Crippen LogP contribution in [0.2, 0.25) is 0 Å². The molecule has 2 aliphatic heterocycles. The van der Waals surface area contributed by atoms with Crippen molar-refractivity contribution in [1.29, 1.82) is 0 Å². The van der Waals surface area contributed by atoms with Gasteiger partial charge in [0.1, 0.15) is 0 Å². The molecule has 0 bridgehead atoms. The zero-order chi connectivity index (χ0) is 20.8. The summed E-state index contributed by atoms with van der Waals surface area (Å²) in [5, 5.41) is 0. The Labute approximate surface area is 177 Å². The van der Waals surface area contributed by atoms with Crippen LogP contribution in [0, 0.1) is 13.8 Å². The Balaban J connectivity index is 1.48. The van der Waals surface area contributed by atoms with Crippen LogP contribution in [0.3, 0.4) is 0 Å². The lowest BCUT2D eigenvalue weighted by Crippen LogP contribution is -2.38. The van der Waals surface area contributed by atoms with Crippen molar-refractivity contribution in [2.75, 3.05) is 0 Å². The molecule has 0 saturated heterocycles. The normalized spacial score (nSPS) is 16.2. The standard InChI is InChI=1S/C26H25N3O/c1-16-4-6-19(7-5-16)18(3)29-15-23-12-24-22(11-21(23)13-25(29)30)14-28-26(24)20-8-9-27-17(2)10-20/h4-12,18H,13-15H2,1-3H3/t18-/m0/s1. The van der Waals surface area contributed by atoms with Crippen LogP contribution in [0.5, 0.6) is 0 Å². The van der Waals surface area contributed by atoms with E-state index >= 15 is 0 Å². The van der Waals surface area contributed by atoms with E-state index in [9.17, 15) is 4.79 Å². The maximum atomic E-state index is 13.0. The molecule has 0 unspecified atom stereocenters. The van der Waals surface area contributed by atoms with Gasteiger partial charge in [-0.05, 0) is 61.2 Å². The highest BCUT2D eigenvalue weighted by Gasteiger charge is 2.30. The van der Waals surface area contributed by atoms with Crippen LogP contribution < -0.4 is 0 Å². The zero-order valence-electron chi connectivity index (χ0n) is 17.6. The second kappa shape index (κ2) is 7.21. The molecule has 3 heterocycles. The van der Waals surface area contributed by atoms with Crippen molar-refractivity contribution in [1.82, 2.24) is 9.88 Å². The minimum atomic E-state index is 0.0514. The molecule has 1 aromatic heterocycles. The summed E-state index contributed by atoms with van der Waals surface area (Å²) in [6, 6.07) is 17.1. The third-order valence-electron chi connectivity index (χ3n) is 6.29. The summed E-state index contributed by atoms with van der Waals surface area (Å²) in [7, 11) is 0. The summed E-state index contributed by atoms with van der Waals surface area (Å²) >= 11 is 0. The fraction of sp³-hybridized carbons (Fsp3) is 0.269. The van der Waals surface area contributed by atoms with E-state index in [4.69, 9.17) is 4.99 Å². The van der Waals surface area contributed by atoms with Gasteiger partial charge in [-0.2, -0.15) is 0 Å². The van der Waals surface area contributed by atoms with Crippen molar-refractivity contribution in [3.05, 3.63) is 99.4 Å². The van der Waals surface area contributed by atoms with Crippen LogP contribution in [0.1, 0.15) is 57.6 Å². The minimum Gasteiger partial charge on any atom is -0.331 e. The highest BCUT2D eigenvalue weighted by atomic mass is 16.2. The van der Waals surface area contributed by atoms with Gasteiger partial charge in [0.2, 0.25) is 5.91 Å². The van der Waals surface area contributed by atoms with E-state index in [1.807, 2.05) is 24.1 Å². The van der Waals surface area contributed by atoms with Gasteiger partial charge >= 0.3 is 0 Å². The number of fused-ring (bicyclic) bond motifs is 2. The third-order valence-corrected chi connectivity index (χ3v) is 6.29. The minimum absolute atomic E-state index is 0.0514. The molecule has 0 spiro atoms. The Morgan fingerprint density at radius 3 is 2.53 bits per heavy atom. The molecular weight excluding hydrogens is 370 g/mol. The molecule has 0 radical (unpaired) electrons. The Kier molecular flexibility index (Phi) is 4.50. The molecule has 1 atom stereocenters. The number of benzene rings is 2. The number of aliphatic imine (C=N–C) groups is 1. The number of hydrogen-bond acceptors (Lipinski definition) is 3. The SMILES string of the molecule is Cc1ccc([C@H](C)N2Cc3cc4c(cc3CC2=O)CN=C4c2ccnc(C)c2)cc1. The monoisotopic (exact) mass is 395 g/mol. The van der Waals surface area contributed by atoms with Crippen LogP contribution in [0.4, 0.5) is 0 Å². The average Bonchev–Trinajstić information content (AvgIpc) is 3.14. The molecular formula is C26H25N3O. The maximum absolute atomic E-state index is 13.0. The predicted molar refractivity (Wildman–Crippen MR) is 119 cm³/mol. The molecule has 0 aliphatic carbocycles. The van der Waals surface area contributed by atoms with Crippen molar-refractivity contribution in [2.45, 2.75) is 46.3 Å². The molecule has 1 amide bonds. The first-order valence-corrected chi connectivity index (χ1v) is 10.5. The highest BCUT2D eigenvalue weighted by molar-refractivity contribution is 6.15. The Morgan fingerprint density at radius 1 is 0.967 bits per heavy atom. The lowest BCUT2D eigenvalue weighted by molar-refractivity contribution is -0.134. The van der Waals surface area contributed by atoms with Gasteiger partial charge in [-0.25, -0.2) is 0 Å². The largest absolute Gasteiger partial charge is 0.331 e. The summed E-state index contributed by atoms with van der Waals surface area (Å²) in [5.41, 5.74) is 10.3. The second-order valence-electron chi connectivity index (χ2n) is 8.41. The zero-order valence-corrected chi connectivity index (χ0v) is 17.6. The smallest absolute Gasteiger partial charge is 0.227 e. The summed E-state index contributed by atoms with van der Waals surface area (Å²) in [4.78, 5) is 24.1. The van der Waals surface area contributed by atoms with E-state index in [-0.39, 0.29) is 11.9 Å². The number of pyridine rings is 1. The molecule has 5 rings (SSSR count). The van der Waals surface area contributed by atoms with Crippen molar-refractivity contribution in [3.63, 3.8) is 0 Å². The molecule has 0 saturated carbocycles. The molecule has 2 aliphatic rings. The second-order valence-corrected chi connectivity index (χ2v) is 8.41. The van der Waals surface area contributed by atoms with Crippen molar-refractivity contribution < 1.29 is 4.79 Å². The van der Waals surface area contributed by atoms with Gasteiger partial charge in [-0.15, -0.1) is 0 Å². The first-order chi connectivity index (χ1) is 14.5. The topological polar surface area (TPSA) is 45.6 Å². The molecule has 0 fully saturated rings. The Bertz CT molecular complexity index is 1180. The lowest BCUT2D eigenvalue weighted by Gasteiger charge is -2.34.